The van der Waals surface area contributed by atoms with Crippen LogP contribution in [0.3, 0.4) is 0 Å². The van der Waals surface area contributed by atoms with E-state index in [-0.39, 0.29) is 24.5 Å². The molecule has 0 spiro atoms. The molecule has 0 aliphatic rings. The van der Waals surface area contributed by atoms with E-state index in [1.165, 1.54) is 18.2 Å². The molecule has 0 aromatic heterocycles. The van der Waals surface area contributed by atoms with Crippen LogP contribution < -0.4 is 4.18 Å². The number of phenols is 1. The van der Waals surface area contributed by atoms with Gasteiger partial charge in [-0.05, 0) is 31.0 Å². The predicted molar refractivity (Wildman–Crippen MR) is 66.9 cm³/mol. The Hall–Kier alpha value is -1.94. The molecule has 0 radical (unpaired) electrons. The van der Waals surface area contributed by atoms with E-state index in [4.69, 9.17) is 10.00 Å². The van der Waals surface area contributed by atoms with Crippen molar-refractivity contribution in [2.24, 2.45) is 5.92 Å². The number of esters is 1. The Morgan fingerprint density at radius 1 is 1.63 bits per heavy atom. The van der Waals surface area contributed by atoms with Crippen molar-refractivity contribution < 1.29 is 22.7 Å². The van der Waals surface area contributed by atoms with Gasteiger partial charge in [0.1, 0.15) is 5.92 Å². The molecule has 7 heteroatoms. The van der Waals surface area contributed by atoms with Crippen LogP contribution in [0.15, 0.2) is 18.2 Å². The molecule has 19 heavy (non-hydrogen) atoms. The average Bonchev–Trinajstić information content (AvgIpc) is 2.40. The standard InChI is InChI=1S/C12H12FNO4S/c1-2-17-12(16)9(7-14)5-8-3-4-10(15)11(6-8)18-19-13/h3-4,6,9,15H,2,5H2,1H3. The molecule has 1 N–H and O–H groups in total. The third kappa shape index (κ3) is 4.34. The van der Waals surface area contributed by atoms with E-state index in [9.17, 15) is 13.8 Å². The van der Waals surface area contributed by atoms with Gasteiger partial charge in [-0.3, -0.25) is 4.79 Å². The van der Waals surface area contributed by atoms with Gasteiger partial charge >= 0.3 is 5.97 Å². The minimum absolute atomic E-state index is 0.0643. The average molecular weight is 285 g/mol. The topological polar surface area (TPSA) is 79.6 Å². The molecule has 102 valence electrons. The van der Waals surface area contributed by atoms with Crippen LogP contribution in [0.25, 0.3) is 0 Å². The van der Waals surface area contributed by atoms with Crippen LogP contribution in [0, 0.1) is 17.2 Å². The summed E-state index contributed by atoms with van der Waals surface area (Å²) in [5, 5.41) is 18.3. The first-order valence-electron chi connectivity index (χ1n) is 5.45. The van der Waals surface area contributed by atoms with Gasteiger partial charge in [0.2, 0.25) is 0 Å². The molecular formula is C12H12FNO4S. The van der Waals surface area contributed by atoms with E-state index in [1.54, 1.807) is 6.92 Å². The largest absolute Gasteiger partial charge is 0.504 e. The number of hydrogen-bond donors (Lipinski definition) is 1. The molecule has 1 aromatic rings. The van der Waals surface area contributed by atoms with E-state index >= 15 is 0 Å². The first kappa shape index (κ1) is 15.1. The summed E-state index contributed by atoms with van der Waals surface area (Å²) in [6.07, 6.45) is 0.100. The fourth-order valence-corrected chi connectivity index (χ4v) is 1.65. The fourth-order valence-electron chi connectivity index (χ4n) is 1.45. The molecule has 1 aromatic carbocycles. The van der Waals surface area contributed by atoms with Crippen LogP contribution in [0.2, 0.25) is 0 Å². The van der Waals surface area contributed by atoms with Crippen LogP contribution in [0.4, 0.5) is 3.89 Å². The van der Waals surface area contributed by atoms with Gasteiger partial charge in [0.25, 0.3) is 12.4 Å². The number of phenolic OH excluding ortho intramolecular Hbond substituents is 1. The smallest absolute Gasteiger partial charge is 0.323 e. The van der Waals surface area contributed by atoms with E-state index in [0.717, 1.165) is 0 Å². The molecule has 0 aliphatic heterocycles. The maximum absolute atomic E-state index is 12.0. The molecular weight excluding hydrogens is 273 g/mol. The minimum Gasteiger partial charge on any atom is -0.504 e. The molecule has 0 fully saturated rings. The van der Waals surface area contributed by atoms with Crippen molar-refractivity contribution in [3.8, 4) is 17.6 Å². The number of carbonyl (C=O) groups excluding carboxylic acids is 1. The lowest BCUT2D eigenvalue weighted by Gasteiger charge is -2.09. The van der Waals surface area contributed by atoms with Crippen molar-refractivity contribution in [1.29, 1.82) is 5.26 Å². The summed E-state index contributed by atoms with van der Waals surface area (Å²) in [6, 6.07) is 6.04. The number of benzene rings is 1. The summed E-state index contributed by atoms with van der Waals surface area (Å²) in [4.78, 5) is 11.5. The second-order valence-corrected chi connectivity index (χ2v) is 3.88. The van der Waals surface area contributed by atoms with Crippen LogP contribution in [0.5, 0.6) is 11.5 Å². The molecule has 0 saturated heterocycles. The third-order valence-corrected chi connectivity index (χ3v) is 2.55. The summed E-state index contributed by atoms with van der Waals surface area (Å²) in [5.41, 5.74) is 0.557. The molecule has 1 atom stereocenters. The van der Waals surface area contributed by atoms with Gasteiger partial charge in [0.05, 0.1) is 12.7 Å². The zero-order chi connectivity index (χ0) is 14.3. The highest BCUT2D eigenvalue weighted by Crippen LogP contribution is 2.30. The molecule has 0 amide bonds. The first-order valence-corrected chi connectivity index (χ1v) is 6.10. The predicted octanol–water partition coefficient (Wildman–Crippen LogP) is 2.55. The number of ether oxygens (including phenoxy) is 1. The van der Waals surface area contributed by atoms with Crippen molar-refractivity contribution >= 4 is 18.4 Å². The van der Waals surface area contributed by atoms with E-state index in [2.05, 4.69) is 4.18 Å². The van der Waals surface area contributed by atoms with Gasteiger partial charge in [-0.15, -0.1) is 3.89 Å². The summed E-state index contributed by atoms with van der Waals surface area (Å²) in [5.74, 6) is -1.85. The second kappa shape index (κ2) is 7.48. The Balaban J connectivity index is 2.83. The third-order valence-electron chi connectivity index (χ3n) is 2.31. The van der Waals surface area contributed by atoms with E-state index < -0.39 is 24.3 Å². The molecule has 0 heterocycles. The number of carbonyl (C=O) groups is 1. The normalized spacial score (nSPS) is 11.4. The minimum atomic E-state index is -0.949. The van der Waals surface area contributed by atoms with Gasteiger partial charge in [-0.25, -0.2) is 0 Å². The molecule has 1 rings (SSSR count). The zero-order valence-corrected chi connectivity index (χ0v) is 10.9. The zero-order valence-electron chi connectivity index (χ0n) is 10.1. The lowest BCUT2D eigenvalue weighted by Crippen LogP contribution is -2.18. The van der Waals surface area contributed by atoms with E-state index in [0.29, 0.717) is 5.56 Å². The van der Waals surface area contributed by atoms with Gasteiger partial charge in [0.15, 0.2) is 11.5 Å². The molecule has 1 unspecified atom stereocenters. The highest BCUT2D eigenvalue weighted by molar-refractivity contribution is 7.89. The summed E-state index contributed by atoms with van der Waals surface area (Å²) in [6.45, 7) is 1.84. The lowest BCUT2D eigenvalue weighted by molar-refractivity contribution is -0.145. The Morgan fingerprint density at radius 3 is 2.95 bits per heavy atom. The van der Waals surface area contributed by atoms with Crippen molar-refractivity contribution in [2.45, 2.75) is 13.3 Å². The number of nitrogens with zero attached hydrogens (tertiary/aromatic N) is 1. The van der Waals surface area contributed by atoms with Crippen LogP contribution in [-0.4, -0.2) is 17.7 Å². The van der Waals surface area contributed by atoms with Gasteiger partial charge < -0.3 is 14.0 Å². The molecule has 0 aliphatic carbocycles. The van der Waals surface area contributed by atoms with Crippen molar-refractivity contribution in [3.05, 3.63) is 23.8 Å². The van der Waals surface area contributed by atoms with Crippen LogP contribution >= 0.6 is 12.4 Å². The number of hydrogen-bond acceptors (Lipinski definition) is 6. The second-order valence-electron chi connectivity index (χ2n) is 3.59. The Kier molecular flexibility index (Phi) is 5.96. The molecule has 5 nitrogen and oxygen atoms in total. The summed E-state index contributed by atoms with van der Waals surface area (Å²) >= 11 is -0.400. The van der Waals surface area contributed by atoms with Gasteiger partial charge in [-0.1, -0.05) is 6.07 Å². The fraction of sp³-hybridized carbons (Fsp3) is 0.333. The number of nitriles is 1. The first-order chi connectivity index (χ1) is 9.12. The van der Waals surface area contributed by atoms with E-state index in [1.807, 2.05) is 6.07 Å². The highest BCUT2D eigenvalue weighted by atomic mass is 32.2. The maximum Gasteiger partial charge on any atom is 0.323 e. The van der Waals surface area contributed by atoms with Crippen LogP contribution in [0.1, 0.15) is 12.5 Å². The van der Waals surface area contributed by atoms with Crippen molar-refractivity contribution in [1.82, 2.24) is 0 Å². The SMILES string of the molecule is CCOC(=O)C(C#N)Cc1ccc(O)c(OSF)c1. The molecule has 0 saturated carbocycles. The Bertz CT molecular complexity index is 489. The number of halogens is 1. The number of aromatic hydroxyl groups is 1. The Morgan fingerprint density at radius 2 is 2.37 bits per heavy atom. The maximum atomic E-state index is 12.0. The molecule has 0 bridgehead atoms. The van der Waals surface area contributed by atoms with Gasteiger partial charge in [0, 0.05) is 0 Å². The van der Waals surface area contributed by atoms with Gasteiger partial charge in [-0.2, -0.15) is 5.26 Å². The Labute approximate surface area is 114 Å². The van der Waals surface area contributed by atoms with Crippen LogP contribution in [-0.2, 0) is 16.0 Å². The monoisotopic (exact) mass is 285 g/mol. The lowest BCUT2D eigenvalue weighted by atomic mass is 10.0. The number of rotatable bonds is 6. The summed E-state index contributed by atoms with van der Waals surface area (Å²) < 4.78 is 21.3. The van der Waals surface area contributed by atoms with Crippen molar-refractivity contribution in [3.63, 3.8) is 0 Å². The highest BCUT2D eigenvalue weighted by Gasteiger charge is 2.20. The summed E-state index contributed by atoms with van der Waals surface area (Å²) in [7, 11) is 0. The van der Waals surface area contributed by atoms with Crippen molar-refractivity contribution in [2.75, 3.05) is 6.61 Å². The quantitative estimate of drug-likeness (QED) is 0.639.